The molecule has 0 radical (unpaired) electrons. The van der Waals surface area contributed by atoms with Gasteiger partial charge >= 0.3 is 0 Å². The lowest BCUT2D eigenvalue weighted by Crippen LogP contribution is -2.05. The molecule has 0 aliphatic rings. The van der Waals surface area contributed by atoms with E-state index in [0.29, 0.717) is 0 Å². The van der Waals surface area contributed by atoms with E-state index in [1.165, 1.54) is 6.07 Å². The molecule has 0 saturated carbocycles. The number of rotatable bonds is 3. The third-order valence-electron chi connectivity index (χ3n) is 2.27. The Balaban J connectivity index is 2.47. The summed E-state index contributed by atoms with van der Waals surface area (Å²) in [5.41, 5.74) is 4.51. The lowest BCUT2D eigenvalue weighted by molar-refractivity contribution is 0.459. The molecule has 0 spiro atoms. The molecule has 3 N–H and O–H groups in total. The molecular weight excluding hydrogens is 296 g/mol. The van der Waals surface area contributed by atoms with Crippen LogP contribution in [0.1, 0.15) is 0 Å². The number of hydrogen-bond acceptors (Lipinski definition) is 5. The maximum Gasteiger partial charge on any atom is 0.191 e. The minimum Gasteiger partial charge on any atom is -0.383 e. The maximum absolute atomic E-state index is 13.5. The first-order valence-electron chi connectivity index (χ1n) is 5.21. The summed E-state index contributed by atoms with van der Waals surface area (Å²) < 4.78 is 53.1. The van der Waals surface area contributed by atoms with Gasteiger partial charge in [0, 0.05) is 12.1 Å². The highest BCUT2D eigenvalue weighted by Crippen LogP contribution is 2.27. The summed E-state index contributed by atoms with van der Waals surface area (Å²) in [6.45, 7) is 0. The van der Waals surface area contributed by atoms with Crippen molar-refractivity contribution in [2.24, 2.45) is 0 Å². The molecule has 20 heavy (non-hydrogen) atoms. The van der Waals surface area contributed by atoms with Crippen LogP contribution in [0.3, 0.4) is 0 Å². The number of nitrogen functional groups attached to an aromatic ring is 1. The van der Waals surface area contributed by atoms with E-state index in [9.17, 15) is 17.6 Å². The van der Waals surface area contributed by atoms with Crippen molar-refractivity contribution in [3.05, 3.63) is 35.4 Å². The number of hydrogen-bond donors (Lipinski definition) is 2. The maximum atomic E-state index is 13.5. The molecule has 1 aromatic heterocycles. The quantitative estimate of drug-likeness (QED) is 0.395. The van der Waals surface area contributed by atoms with Gasteiger partial charge in [-0.25, -0.2) is 27.5 Å². The van der Waals surface area contributed by atoms with Crippen molar-refractivity contribution in [3.8, 4) is 0 Å². The van der Waals surface area contributed by atoms with Crippen molar-refractivity contribution in [2.45, 2.75) is 5.16 Å². The standard InChI is InChI=1S/C11H8F4N4S/c1-20-11-17-6(16)3-7(19-11)18-10-8(14)4(12)2-5(13)9(10)15/h2-3H,1H3,(H3,16,17,18,19). The fourth-order valence-corrected chi connectivity index (χ4v) is 1.80. The average Bonchev–Trinajstić information content (AvgIpc) is 2.40. The van der Waals surface area contributed by atoms with E-state index in [2.05, 4.69) is 15.3 Å². The molecule has 2 rings (SSSR count). The molecule has 1 heterocycles. The lowest BCUT2D eigenvalue weighted by Gasteiger charge is -2.10. The van der Waals surface area contributed by atoms with Crippen molar-refractivity contribution in [2.75, 3.05) is 17.3 Å². The van der Waals surface area contributed by atoms with Gasteiger partial charge in [-0.15, -0.1) is 0 Å². The van der Waals surface area contributed by atoms with Crippen LogP contribution in [-0.2, 0) is 0 Å². The van der Waals surface area contributed by atoms with Crippen LogP contribution in [0.5, 0.6) is 0 Å². The Labute approximate surface area is 115 Å². The van der Waals surface area contributed by atoms with Gasteiger partial charge in [-0.1, -0.05) is 11.8 Å². The molecular formula is C11H8F4N4S. The first kappa shape index (κ1) is 14.4. The number of thioether (sulfide) groups is 1. The van der Waals surface area contributed by atoms with Crippen molar-refractivity contribution < 1.29 is 17.6 Å². The molecule has 0 atom stereocenters. The fourth-order valence-electron chi connectivity index (χ4n) is 1.41. The summed E-state index contributed by atoms with van der Waals surface area (Å²) >= 11 is 1.14. The van der Waals surface area contributed by atoms with Gasteiger partial charge in [0.25, 0.3) is 0 Å². The van der Waals surface area contributed by atoms with Crippen molar-refractivity contribution >= 4 is 29.1 Å². The van der Waals surface area contributed by atoms with Crippen LogP contribution < -0.4 is 11.1 Å². The fraction of sp³-hybridized carbons (Fsp3) is 0.0909. The zero-order valence-corrected chi connectivity index (χ0v) is 10.9. The molecule has 0 aliphatic heterocycles. The number of benzene rings is 1. The van der Waals surface area contributed by atoms with Crippen LogP contribution in [0.15, 0.2) is 17.3 Å². The Kier molecular flexibility index (Phi) is 3.98. The molecule has 0 fully saturated rings. The number of anilines is 3. The Morgan fingerprint density at radius 3 is 2.20 bits per heavy atom. The molecule has 4 nitrogen and oxygen atoms in total. The Bertz CT molecular complexity index is 639. The summed E-state index contributed by atoms with van der Waals surface area (Å²) in [5, 5.41) is 2.40. The van der Waals surface area contributed by atoms with E-state index in [-0.39, 0.29) is 22.9 Å². The highest BCUT2D eigenvalue weighted by Gasteiger charge is 2.19. The monoisotopic (exact) mass is 304 g/mol. The van der Waals surface area contributed by atoms with Crippen LogP contribution in [0, 0.1) is 23.3 Å². The van der Waals surface area contributed by atoms with Crippen LogP contribution in [-0.4, -0.2) is 16.2 Å². The normalized spacial score (nSPS) is 10.7. The van der Waals surface area contributed by atoms with Crippen LogP contribution in [0.4, 0.5) is 34.9 Å². The molecule has 0 unspecified atom stereocenters. The van der Waals surface area contributed by atoms with E-state index in [1.54, 1.807) is 6.26 Å². The Morgan fingerprint density at radius 1 is 1.05 bits per heavy atom. The van der Waals surface area contributed by atoms with E-state index in [4.69, 9.17) is 5.73 Å². The minimum atomic E-state index is -1.55. The summed E-state index contributed by atoms with van der Waals surface area (Å²) in [5.74, 6) is -6.16. The molecule has 2 aromatic rings. The summed E-state index contributed by atoms with van der Waals surface area (Å²) in [7, 11) is 0. The van der Waals surface area contributed by atoms with Gasteiger partial charge in [0.05, 0.1) is 0 Å². The number of aromatic nitrogens is 2. The predicted molar refractivity (Wildman–Crippen MR) is 67.8 cm³/mol. The van der Waals surface area contributed by atoms with Gasteiger partial charge in [0.2, 0.25) is 0 Å². The minimum absolute atomic E-state index is 0.0459. The van der Waals surface area contributed by atoms with Crippen molar-refractivity contribution in [1.29, 1.82) is 0 Å². The highest BCUT2D eigenvalue weighted by atomic mass is 32.2. The second-order valence-corrected chi connectivity index (χ2v) is 4.41. The second-order valence-electron chi connectivity index (χ2n) is 3.63. The van der Waals surface area contributed by atoms with Crippen molar-refractivity contribution in [1.82, 2.24) is 9.97 Å². The molecule has 0 aliphatic carbocycles. The highest BCUT2D eigenvalue weighted by molar-refractivity contribution is 7.98. The molecule has 9 heteroatoms. The van der Waals surface area contributed by atoms with Gasteiger partial charge in [0.15, 0.2) is 28.4 Å². The first-order chi connectivity index (χ1) is 9.42. The van der Waals surface area contributed by atoms with Gasteiger partial charge in [-0.05, 0) is 6.26 Å². The third-order valence-corrected chi connectivity index (χ3v) is 2.82. The zero-order valence-electron chi connectivity index (χ0n) is 10.0. The summed E-state index contributed by atoms with van der Waals surface area (Å²) in [6, 6.07) is 1.30. The molecule has 1 aromatic carbocycles. The van der Waals surface area contributed by atoms with Gasteiger partial charge < -0.3 is 11.1 Å². The Morgan fingerprint density at radius 2 is 1.65 bits per heavy atom. The predicted octanol–water partition coefficient (Wildman–Crippen LogP) is 3.08. The summed E-state index contributed by atoms with van der Waals surface area (Å²) in [4.78, 5) is 7.70. The largest absolute Gasteiger partial charge is 0.383 e. The Hall–Kier alpha value is -2.03. The average molecular weight is 304 g/mol. The first-order valence-corrected chi connectivity index (χ1v) is 6.43. The SMILES string of the molecule is CSc1nc(N)cc(Nc2c(F)c(F)cc(F)c2F)n1. The molecule has 0 amide bonds. The van der Waals surface area contributed by atoms with E-state index < -0.39 is 29.0 Å². The summed E-state index contributed by atoms with van der Waals surface area (Å²) in [6.07, 6.45) is 1.67. The molecule has 0 saturated heterocycles. The molecule has 106 valence electrons. The van der Waals surface area contributed by atoms with Gasteiger partial charge in [-0.2, -0.15) is 0 Å². The van der Waals surface area contributed by atoms with Gasteiger partial charge in [0.1, 0.15) is 17.3 Å². The van der Waals surface area contributed by atoms with Crippen molar-refractivity contribution in [3.63, 3.8) is 0 Å². The molecule has 0 bridgehead atoms. The topological polar surface area (TPSA) is 63.8 Å². The number of nitrogens with one attached hydrogen (secondary N) is 1. The third kappa shape index (κ3) is 2.77. The van der Waals surface area contributed by atoms with E-state index in [0.717, 1.165) is 11.8 Å². The zero-order chi connectivity index (χ0) is 14.9. The van der Waals surface area contributed by atoms with Crippen LogP contribution in [0.25, 0.3) is 0 Å². The number of halogens is 4. The number of nitrogens with two attached hydrogens (primary N) is 1. The van der Waals surface area contributed by atoms with Crippen LogP contribution in [0.2, 0.25) is 0 Å². The lowest BCUT2D eigenvalue weighted by atomic mass is 10.2. The smallest absolute Gasteiger partial charge is 0.191 e. The number of nitrogens with zero attached hydrogens (tertiary/aromatic N) is 2. The second kappa shape index (κ2) is 5.53. The van der Waals surface area contributed by atoms with E-state index >= 15 is 0 Å². The van der Waals surface area contributed by atoms with E-state index in [1.807, 2.05) is 0 Å². The van der Waals surface area contributed by atoms with Crippen LogP contribution >= 0.6 is 11.8 Å². The van der Waals surface area contributed by atoms with Gasteiger partial charge in [-0.3, -0.25) is 0 Å².